The highest BCUT2D eigenvalue weighted by molar-refractivity contribution is 5.98. The van der Waals surface area contributed by atoms with Crippen LogP contribution >= 0.6 is 0 Å². The fourth-order valence-corrected chi connectivity index (χ4v) is 8.79. The van der Waals surface area contributed by atoms with Gasteiger partial charge in [0.25, 0.3) is 0 Å². The molecule has 0 fully saturated rings. The molecule has 0 aliphatic heterocycles. The Morgan fingerprint density at radius 1 is 0.296 bits per heavy atom. The number of nitrogens with zero attached hydrogens (tertiary/aromatic N) is 1. The normalized spacial score (nSPS) is 12.6. The Labute approximate surface area is 317 Å². The number of rotatable bonds is 7. The molecule has 1 nitrogen and oxygen atoms in total. The maximum atomic E-state index is 2.47. The predicted molar refractivity (Wildman–Crippen MR) is 227 cm³/mol. The molecule has 1 aliphatic rings. The van der Waals surface area contributed by atoms with E-state index in [0.717, 1.165) is 17.1 Å². The maximum Gasteiger partial charge on any atom is 0.0714 e. The van der Waals surface area contributed by atoms with Crippen LogP contribution in [0, 0.1) is 0 Å². The summed E-state index contributed by atoms with van der Waals surface area (Å²) < 4.78 is 0. The topological polar surface area (TPSA) is 3.24 Å². The third-order valence-corrected chi connectivity index (χ3v) is 11.1. The van der Waals surface area contributed by atoms with Gasteiger partial charge in [-0.25, -0.2) is 0 Å². The van der Waals surface area contributed by atoms with Crippen LogP contribution in [-0.2, 0) is 5.41 Å². The first-order valence-corrected chi connectivity index (χ1v) is 18.7. The van der Waals surface area contributed by atoms with Crippen LogP contribution in [0.4, 0.5) is 17.1 Å². The van der Waals surface area contributed by atoms with Gasteiger partial charge in [-0.3, -0.25) is 0 Å². The van der Waals surface area contributed by atoms with Crippen LogP contribution in [-0.4, -0.2) is 0 Å². The lowest BCUT2D eigenvalue weighted by atomic mass is 9.67. The van der Waals surface area contributed by atoms with E-state index in [1.54, 1.807) is 0 Å². The second-order valence-corrected chi connectivity index (χ2v) is 14.1. The van der Waals surface area contributed by atoms with Crippen molar-refractivity contribution < 1.29 is 0 Å². The molecule has 0 unspecified atom stereocenters. The highest BCUT2D eigenvalue weighted by Crippen LogP contribution is 2.58. The Morgan fingerprint density at radius 3 is 1.46 bits per heavy atom. The Morgan fingerprint density at radius 2 is 0.796 bits per heavy atom. The Kier molecular flexibility index (Phi) is 7.78. The van der Waals surface area contributed by atoms with Gasteiger partial charge in [-0.1, -0.05) is 182 Å². The van der Waals surface area contributed by atoms with Crippen molar-refractivity contribution in [1.82, 2.24) is 0 Å². The maximum absolute atomic E-state index is 2.47. The lowest BCUT2D eigenvalue weighted by Crippen LogP contribution is -2.28. The largest absolute Gasteiger partial charge is 0.310 e. The molecule has 0 saturated carbocycles. The van der Waals surface area contributed by atoms with Gasteiger partial charge in [-0.15, -0.1) is 0 Å². The van der Waals surface area contributed by atoms with Gasteiger partial charge < -0.3 is 4.90 Å². The Balaban J connectivity index is 1.26. The summed E-state index contributed by atoms with van der Waals surface area (Å²) in [4.78, 5) is 2.44. The summed E-state index contributed by atoms with van der Waals surface area (Å²) in [6.07, 6.45) is 0. The third-order valence-electron chi connectivity index (χ3n) is 11.1. The van der Waals surface area contributed by atoms with Crippen molar-refractivity contribution >= 4 is 27.8 Å². The zero-order valence-corrected chi connectivity index (χ0v) is 29.8. The molecule has 0 N–H and O–H groups in total. The number of hydrogen-bond donors (Lipinski definition) is 0. The second-order valence-electron chi connectivity index (χ2n) is 14.1. The fraction of sp³-hybridized carbons (Fsp3) is 0.0189. The lowest BCUT2D eigenvalue weighted by Gasteiger charge is -2.35. The van der Waals surface area contributed by atoms with Crippen LogP contribution in [0.1, 0.15) is 22.3 Å². The summed E-state index contributed by atoms with van der Waals surface area (Å²) in [5, 5.41) is 2.50. The molecular weight excluding hydrogens is 651 g/mol. The minimum atomic E-state index is -0.533. The number of anilines is 3. The van der Waals surface area contributed by atoms with Crippen molar-refractivity contribution in [3.8, 4) is 33.4 Å². The van der Waals surface area contributed by atoms with Gasteiger partial charge in [0.1, 0.15) is 0 Å². The highest BCUT2D eigenvalue weighted by atomic mass is 15.1. The summed E-state index contributed by atoms with van der Waals surface area (Å²) in [5.74, 6) is 0. The van der Waals surface area contributed by atoms with Crippen LogP contribution in [0.2, 0.25) is 0 Å². The molecule has 0 aromatic heterocycles. The van der Waals surface area contributed by atoms with E-state index in [-0.39, 0.29) is 0 Å². The van der Waals surface area contributed by atoms with Crippen LogP contribution in [0.5, 0.6) is 0 Å². The van der Waals surface area contributed by atoms with E-state index in [1.807, 2.05) is 0 Å². The first kappa shape index (κ1) is 31.7. The van der Waals surface area contributed by atoms with E-state index in [4.69, 9.17) is 0 Å². The molecule has 9 aromatic carbocycles. The van der Waals surface area contributed by atoms with Gasteiger partial charge in [0.05, 0.1) is 11.1 Å². The monoisotopic (exact) mass is 687 g/mol. The molecule has 54 heavy (non-hydrogen) atoms. The Hall–Kier alpha value is -6.96. The van der Waals surface area contributed by atoms with Gasteiger partial charge >= 0.3 is 0 Å². The van der Waals surface area contributed by atoms with Gasteiger partial charge in [-0.2, -0.15) is 0 Å². The predicted octanol–water partition coefficient (Wildman–Crippen LogP) is 14.0. The standard InChI is InChI=1S/C53H37N/c1-5-19-38(20-6-1)45-29-15-16-30-46(45)48-31-17-18-32-52(48)54(43-27-11-4-12-28-43)44-33-34-47-49-35-39-21-13-14-22-40(39)36-50(49)53(51(47)37-44,41-23-7-2-8-24-41)42-25-9-3-10-26-42/h1-37H. The first-order valence-electron chi connectivity index (χ1n) is 18.7. The van der Waals surface area contributed by atoms with Gasteiger partial charge in [-0.05, 0) is 103 Å². The SMILES string of the molecule is c1ccc(-c2ccccc2-c2ccccc2N(c2ccccc2)c2ccc3c(c2)C(c2ccccc2)(c2ccccc2)c2cc4ccccc4cc2-3)cc1. The van der Waals surface area contributed by atoms with Crippen LogP contribution in [0.15, 0.2) is 224 Å². The molecule has 10 rings (SSSR count). The minimum absolute atomic E-state index is 0.533. The van der Waals surface area contributed by atoms with Gasteiger partial charge in [0.2, 0.25) is 0 Å². The van der Waals surface area contributed by atoms with E-state index >= 15 is 0 Å². The van der Waals surface area contributed by atoms with E-state index in [2.05, 4.69) is 229 Å². The highest BCUT2D eigenvalue weighted by Gasteiger charge is 2.46. The fourth-order valence-electron chi connectivity index (χ4n) is 8.79. The molecule has 9 aromatic rings. The van der Waals surface area contributed by atoms with Crippen molar-refractivity contribution in [2.24, 2.45) is 0 Å². The van der Waals surface area contributed by atoms with E-state index in [9.17, 15) is 0 Å². The number of fused-ring (bicyclic) bond motifs is 4. The molecule has 254 valence electrons. The molecule has 0 saturated heterocycles. The summed E-state index contributed by atoms with van der Waals surface area (Å²) in [6.45, 7) is 0. The average molecular weight is 688 g/mol. The third kappa shape index (κ3) is 5.09. The van der Waals surface area contributed by atoms with Crippen LogP contribution < -0.4 is 4.90 Å². The van der Waals surface area contributed by atoms with Crippen LogP contribution in [0.25, 0.3) is 44.2 Å². The molecule has 0 spiro atoms. The number of benzene rings is 9. The van der Waals surface area contributed by atoms with Crippen molar-refractivity contribution in [1.29, 1.82) is 0 Å². The van der Waals surface area contributed by atoms with Crippen molar-refractivity contribution in [2.45, 2.75) is 5.41 Å². The molecule has 0 heterocycles. The summed E-state index contributed by atoms with van der Waals surface area (Å²) in [6, 6.07) is 82.1. The van der Waals surface area contributed by atoms with E-state index in [0.29, 0.717) is 0 Å². The van der Waals surface area contributed by atoms with Crippen LogP contribution in [0.3, 0.4) is 0 Å². The first-order chi connectivity index (χ1) is 26.8. The summed E-state index contributed by atoms with van der Waals surface area (Å²) in [5.41, 5.74) is 15.2. The molecule has 0 amide bonds. The van der Waals surface area contributed by atoms with Gasteiger partial charge in [0.15, 0.2) is 0 Å². The van der Waals surface area contributed by atoms with E-state index in [1.165, 1.54) is 66.4 Å². The van der Waals surface area contributed by atoms with Gasteiger partial charge in [0, 0.05) is 16.9 Å². The second kappa shape index (κ2) is 13.2. The van der Waals surface area contributed by atoms with E-state index < -0.39 is 5.41 Å². The number of para-hydroxylation sites is 2. The molecule has 0 bridgehead atoms. The quantitative estimate of drug-likeness (QED) is 0.161. The number of hydrogen-bond acceptors (Lipinski definition) is 1. The summed E-state index contributed by atoms with van der Waals surface area (Å²) in [7, 11) is 0. The van der Waals surface area contributed by atoms with Crippen molar-refractivity contribution in [3.05, 3.63) is 247 Å². The molecule has 0 radical (unpaired) electrons. The zero-order chi connectivity index (χ0) is 35.9. The van der Waals surface area contributed by atoms with Crippen molar-refractivity contribution in [3.63, 3.8) is 0 Å². The smallest absolute Gasteiger partial charge is 0.0714 e. The minimum Gasteiger partial charge on any atom is -0.310 e. The molecule has 0 atom stereocenters. The Bertz CT molecular complexity index is 2710. The zero-order valence-electron chi connectivity index (χ0n) is 29.8. The van der Waals surface area contributed by atoms with Crippen molar-refractivity contribution in [2.75, 3.05) is 4.90 Å². The average Bonchev–Trinajstić information content (AvgIpc) is 3.53. The summed E-state index contributed by atoms with van der Waals surface area (Å²) >= 11 is 0. The lowest BCUT2D eigenvalue weighted by molar-refractivity contribution is 0.769. The molecular formula is C53H37N. The molecule has 1 heteroatoms. The molecule has 1 aliphatic carbocycles.